The highest BCUT2D eigenvalue weighted by molar-refractivity contribution is 5.28. The molecule has 1 aliphatic heterocycles. The third kappa shape index (κ3) is 7.72. The summed E-state index contributed by atoms with van der Waals surface area (Å²) < 4.78 is 87.9. The van der Waals surface area contributed by atoms with Crippen molar-refractivity contribution in [2.75, 3.05) is 13.2 Å². The number of ether oxygens (including phenoxy) is 3. The van der Waals surface area contributed by atoms with E-state index in [4.69, 9.17) is 14.2 Å². The number of hydrogen-bond acceptors (Lipinski definition) is 3. The van der Waals surface area contributed by atoms with Gasteiger partial charge in [-0.25, -0.2) is 13.2 Å². The SMILES string of the molecule is CCCCCC1COC(c2ccc(C3CCC(C4CCC(OC(F)(F)c5ccc(F)c(F)c5)CC4)CC3)c(F)c2)OC1. The second-order valence-corrected chi connectivity index (χ2v) is 12.6. The summed E-state index contributed by atoms with van der Waals surface area (Å²) in [5.74, 6) is -1.19. The molecule has 0 atom stereocenters. The first kappa shape index (κ1) is 31.4. The number of alkyl halides is 2. The van der Waals surface area contributed by atoms with E-state index in [2.05, 4.69) is 6.92 Å². The second-order valence-electron chi connectivity index (χ2n) is 12.6. The minimum Gasteiger partial charge on any atom is -0.348 e. The average Bonchev–Trinajstić information content (AvgIpc) is 2.99. The fraction of sp³-hybridized carbons (Fsp3) is 0.647. The van der Waals surface area contributed by atoms with Gasteiger partial charge in [-0.1, -0.05) is 38.3 Å². The van der Waals surface area contributed by atoms with Crippen LogP contribution in [0.4, 0.5) is 22.0 Å². The molecule has 0 bridgehead atoms. The van der Waals surface area contributed by atoms with Crippen molar-refractivity contribution in [3.8, 4) is 0 Å². The molecule has 0 radical (unpaired) electrons. The number of hydrogen-bond donors (Lipinski definition) is 0. The van der Waals surface area contributed by atoms with Crippen molar-refractivity contribution in [1.82, 2.24) is 0 Å². The summed E-state index contributed by atoms with van der Waals surface area (Å²) in [5.41, 5.74) is 0.806. The van der Waals surface area contributed by atoms with E-state index in [9.17, 15) is 17.6 Å². The minimum atomic E-state index is -3.67. The Kier molecular flexibility index (Phi) is 10.6. The molecule has 0 N–H and O–H groups in total. The maximum atomic E-state index is 15.2. The van der Waals surface area contributed by atoms with Gasteiger partial charge in [-0.15, -0.1) is 0 Å². The van der Waals surface area contributed by atoms with Crippen LogP contribution in [0.15, 0.2) is 36.4 Å². The van der Waals surface area contributed by atoms with Crippen LogP contribution in [0.5, 0.6) is 0 Å². The van der Waals surface area contributed by atoms with E-state index in [-0.39, 0.29) is 11.7 Å². The Balaban J connectivity index is 1.06. The Morgan fingerprint density at radius 1 is 0.762 bits per heavy atom. The van der Waals surface area contributed by atoms with Gasteiger partial charge in [0.1, 0.15) is 5.82 Å². The molecule has 2 aromatic rings. The zero-order valence-corrected chi connectivity index (χ0v) is 24.4. The van der Waals surface area contributed by atoms with Crippen molar-refractivity contribution in [2.45, 2.75) is 108 Å². The summed E-state index contributed by atoms with van der Waals surface area (Å²) in [6.07, 6.45) is 6.25. The lowest BCUT2D eigenvalue weighted by Gasteiger charge is -2.38. The van der Waals surface area contributed by atoms with Crippen LogP contribution in [0.3, 0.4) is 0 Å². The first-order chi connectivity index (χ1) is 20.2. The molecule has 3 fully saturated rings. The Morgan fingerprint density at radius 3 is 2.05 bits per heavy atom. The molecule has 1 heterocycles. The van der Waals surface area contributed by atoms with Crippen LogP contribution < -0.4 is 0 Å². The predicted molar refractivity (Wildman–Crippen MR) is 150 cm³/mol. The molecule has 2 aliphatic carbocycles. The van der Waals surface area contributed by atoms with Gasteiger partial charge in [0.25, 0.3) is 0 Å². The topological polar surface area (TPSA) is 27.7 Å². The van der Waals surface area contributed by atoms with Crippen LogP contribution in [0.25, 0.3) is 0 Å². The van der Waals surface area contributed by atoms with Crippen LogP contribution in [-0.4, -0.2) is 19.3 Å². The van der Waals surface area contributed by atoms with E-state index in [1.807, 2.05) is 12.1 Å². The highest BCUT2D eigenvalue weighted by Gasteiger charge is 2.39. The van der Waals surface area contributed by atoms with E-state index >= 15 is 4.39 Å². The van der Waals surface area contributed by atoms with Crippen LogP contribution in [-0.2, 0) is 20.3 Å². The fourth-order valence-corrected chi connectivity index (χ4v) is 7.14. The van der Waals surface area contributed by atoms with Crippen molar-refractivity contribution in [2.24, 2.45) is 17.8 Å². The number of benzene rings is 2. The third-order valence-electron chi connectivity index (χ3n) is 9.65. The molecule has 3 aliphatic rings. The molecule has 5 rings (SSSR count). The van der Waals surface area contributed by atoms with E-state index in [0.29, 0.717) is 55.9 Å². The molecule has 232 valence electrons. The molecule has 0 unspecified atom stereocenters. The van der Waals surface area contributed by atoms with Crippen LogP contribution >= 0.6 is 0 Å². The maximum absolute atomic E-state index is 15.2. The lowest BCUT2D eigenvalue weighted by molar-refractivity contribution is -0.278. The van der Waals surface area contributed by atoms with Crippen molar-refractivity contribution < 1.29 is 36.2 Å². The maximum Gasteiger partial charge on any atom is 0.383 e. The Hall–Kier alpha value is -2.03. The zero-order valence-electron chi connectivity index (χ0n) is 24.4. The summed E-state index contributed by atoms with van der Waals surface area (Å²) in [4.78, 5) is 0. The number of rotatable bonds is 10. The molecule has 0 aromatic heterocycles. The largest absolute Gasteiger partial charge is 0.383 e. The standard InChI is InChI=1S/C34H43F5O3/c1-2-3-4-5-22-20-40-33(41-21-22)26-12-16-29(31(36)18-26)25-8-6-23(7-9-25)24-10-14-28(15-11-24)42-34(38,39)27-13-17-30(35)32(37)19-27/h12-13,16-19,22-25,28,33H,2-11,14-15,20-21H2,1H3. The molecule has 42 heavy (non-hydrogen) atoms. The molecular weight excluding hydrogens is 551 g/mol. The lowest BCUT2D eigenvalue weighted by Crippen LogP contribution is -2.32. The van der Waals surface area contributed by atoms with E-state index in [1.54, 1.807) is 6.07 Å². The first-order valence-electron chi connectivity index (χ1n) is 15.8. The smallest absolute Gasteiger partial charge is 0.348 e. The van der Waals surface area contributed by atoms with Crippen molar-refractivity contribution in [1.29, 1.82) is 0 Å². The normalized spacial score (nSPS) is 29.0. The molecule has 0 spiro atoms. The quantitative estimate of drug-likeness (QED) is 0.202. The Morgan fingerprint density at radius 2 is 1.43 bits per heavy atom. The average molecular weight is 595 g/mol. The molecule has 8 heteroatoms. The number of unbranched alkanes of at least 4 members (excludes halogenated alkanes) is 2. The lowest BCUT2D eigenvalue weighted by atomic mass is 9.69. The monoisotopic (exact) mass is 594 g/mol. The van der Waals surface area contributed by atoms with Gasteiger partial charge in [-0.2, -0.15) is 8.78 Å². The summed E-state index contributed by atoms with van der Waals surface area (Å²) in [6.45, 7) is 3.48. The Labute approximate surface area is 246 Å². The summed E-state index contributed by atoms with van der Waals surface area (Å²) >= 11 is 0. The van der Waals surface area contributed by atoms with Gasteiger partial charge in [0.15, 0.2) is 17.9 Å². The van der Waals surface area contributed by atoms with E-state index in [1.165, 1.54) is 19.3 Å². The summed E-state index contributed by atoms with van der Waals surface area (Å²) in [7, 11) is 0. The van der Waals surface area contributed by atoms with Crippen LogP contribution in [0.2, 0.25) is 0 Å². The van der Waals surface area contributed by atoms with Crippen molar-refractivity contribution in [3.63, 3.8) is 0 Å². The first-order valence-corrected chi connectivity index (χ1v) is 15.8. The molecule has 3 nitrogen and oxygen atoms in total. The highest BCUT2D eigenvalue weighted by atomic mass is 19.3. The molecule has 2 aromatic carbocycles. The molecule has 1 saturated heterocycles. The summed E-state index contributed by atoms with van der Waals surface area (Å²) in [6, 6.07) is 7.45. The minimum absolute atomic E-state index is 0.168. The van der Waals surface area contributed by atoms with Gasteiger partial charge in [-0.05, 0) is 105 Å². The van der Waals surface area contributed by atoms with Crippen molar-refractivity contribution in [3.05, 3.63) is 70.5 Å². The molecule has 0 amide bonds. The summed E-state index contributed by atoms with van der Waals surface area (Å²) in [5, 5.41) is 0. The van der Waals surface area contributed by atoms with Gasteiger partial charge >= 0.3 is 6.11 Å². The Bertz CT molecular complexity index is 1150. The highest BCUT2D eigenvalue weighted by Crippen LogP contribution is 2.45. The third-order valence-corrected chi connectivity index (χ3v) is 9.65. The number of halogens is 5. The molecule has 2 saturated carbocycles. The fourth-order valence-electron chi connectivity index (χ4n) is 7.14. The van der Waals surface area contributed by atoms with Crippen LogP contribution in [0.1, 0.15) is 113 Å². The van der Waals surface area contributed by atoms with Gasteiger partial charge in [0.2, 0.25) is 0 Å². The van der Waals surface area contributed by atoms with Crippen molar-refractivity contribution >= 4 is 0 Å². The zero-order chi connectivity index (χ0) is 29.7. The molecular formula is C34H43F5O3. The van der Waals surface area contributed by atoms with E-state index in [0.717, 1.165) is 62.1 Å². The predicted octanol–water partition coefficient (Wildman–Crippen LogP) is 9.94. The van der Waals surface area contributed by atoms with Gasteiger partial charge in [-0.3, -0.25) is 0 Å². The second kappa shape index (κ2) is 14.2. The van der Waals surface area contributed by atoms with E-state index < -0.39 is 35.7 Å². The van der Waals surface area contributed by atoms with Gasteiger partial charge < -0.3 is 14.2 Å². The van der Waals surface area contributed by atoms with Gasteiger partial charge in [0.05, 0.1) is 24.9 Å². The van der Waals surface area contributed by atoms with Gasteiger partial charge in [0, 0.05) is 11.5 Å². The van der Waals surface area contributed by atoms with Crippen LogP contribution in [0, 0.1) is 35.2 Å².